The van der Waals surface area contributed by atoms with Crippen LogP contribution in [0, 0.1) is 5.92 Å². The fourth-order valence-corrected chi connectivity index (χ4v) is 2.23. The van der Waals surface area contributed by atoms with Crippen molar-refractivity contribution < 1.29 is 13.6 Å². The summed E-state index contributed by atoms with van der Waals surface area (Å²) in [4.78, 5) is 12.1. The minimum atomic E-state index is -2.56. The number of nitrogens with one attached hydrogen (secondary N) is 1. The van der Waals surface area contributed by atoms with Gasteiger partial charge < -0.3 is 5.32 Å². The molecular weight excluding hydrogens is 292 g/mol. The van der Waals surface area contributed by atoms with Crippen LogP contribution in [0.1, 0.15) is 45.4 Å². The fourth-order valence-electron chi connectivity index (χ4n) is 2.00. The number of carbonyl (C=O) groups is 1. The van der Waals surface area contributed by atoms with Crippen molar-refractivity contribution in [2.75, 3.05) is 6.54 Å². The first-order chi connectivity index (χ1) is 7.94. The van der Waals surface area contributed by atoms with E-state index in [1.54, 1.807) is 0 Å². The Hall–Kier alpha value is -0.190. The van der Waals surface area contributed by atoms with Crippen LogP contribution in [0.25, 0.3) is 0 Å². The molecule has 1 unspecified atom stereocenters. The van der Waals surface area contributed by atoms with Crippen molar-refractivity contribution in [3.63, 3.8) is 0 Å². The summed E-state index contributed by atoms with van der Waals surface area (Å²) < 4.78 is 25.8. The summed E-state index contributed by atoms with van der Waals surface area (Å²) in [6, 6.07) is 0. The molecule has 0 heterocycles. The molecular formula is C12H20BrF2NO. The van der Waals surface area contributed by atoms with Gasteiger partial charge in [0.2, 0.25) is 11.8 Å². The molecule has 0 bridgehead atoms. The van der Waals surface area contributed by atoms with Crippen LogP contribution in [0.4, 0.5) is 8.78 Å². The molecule has 0 aromatic rings. The molecule has 1 amide bonds. The zero-order valence-corrected chi connectivity index (χ0v) is 11.7. The zero-order valence-electron chi connectivity index (χ0n) is 10.1. The molecule has 1 atom stereocenters. The summed E-state index contributed by atoms with van der Waals surface area (Å²) in [6.07, 6.45) is 2.22. The molecule has 1 fully saturated rings. The van der Waals surface area contributed by atoms with Crippen molar-refractivity contribution in [3.05, 3.63) is 0 Å². The molecule has 0 spiro atoms. The second-order valence-corrected chi connectivity index (χ2v) is 6.01. The van der Waals surface area contributed by atoms with Gasteiger partial charge in [0.1, 0.15) is 0 Å². The Bertz CT molecular complexity index is 251. The van der Waals surface area contributed by atoms with Crippen LogP contribution in [0.15, 0.2) is 0 Å². The topological polar surface area (TPSA) is 29.1 Å². The molecule has 2 nitrogen and oxygen atoms in total. The van der Waals surface area contributed by atoms with Crippen LogP contribution in [-0.2, 0) is 4.79 Å². The highest BCUT2D eigenvalue weighted by Gasteiger charge is 2.37. The van der Waals surface area contributed by atoms with Gasteiger partial charge in [-0.1, -0.05) is 22.9 Å². The molecule has 0 saturated heterocycles. The van der Waals surface area contributed by atoms with Gasteiger partial charge in [0.15, 0.2) is 0 Å². The van der Waals surface area contributed by atoms with Gasteiger partial charge in [0, 0.05) is 30.1 Å². The fraction of sp³-hybridized carbons (Fsp3) is 0.917. The minimum absolute atomic E-state index is 0.0590. The van der Waals surface area contributed by atoms with E-state index in [9.17, 15) is 13.6 Å². The lowest BCUT2D eigenvalue weighted by Gasteiger charge is -2.27. The van der Waals surface area contributed by atoms with Gasteiger partial charge in [0.05, 0.1) is 0 Å². The third-order valence-electron chi connectivity index (χ3n) is 3.29. The molecule has 1 aliphatic carbocycles. The molecule has 1 saturated carbocycles. The molecule has 1 N–H and O–H groups in total. The van der Waals surface area contributed by atoms with E-state index in [0.717, 1.165) is 12.8 Å². The highest BCUT2D eigenvalue weighted by atomic mass is 79.9. The van der Waals surface area contributed by atoms with E-state index < -0.39 is 5.92 Å². The Labute approximate surface area is 110 Å². The summed E-state index contributed by atoms with van der Waals surface area (Å²) in [5.41, 5.74) is 0. The van der Waals surface area contributed by atoms with Crippen molar-refractivity contribution in [1.29, 1.82) is 0 Å². The number of carbonyl (C=O) groups excluding carboxylic acids is 1. The number of alkyl halides is 3. The number of amides is 1. The molecule has 0 aromatic carbocycles. The van der Waals surface area contributed by atoms with E-state index in [0.29, 0.717) is 24.2 Å². The van der Waals surface area contributed by atoms with Crippen molar-refractivity contribution in [2.45, 2.75) is 56.2 Å². The van der Waals surface area contributed by atoms with Gasteiger partial charge in [0.25, 0.3) is 0 Å². The Morgan fingerprint density at radius 3 is 2.59 bits per heavy atom. The van der Waals surface area contributed by atoms with Gasteiger partial charge in [-0.25, -0.2) is 8.78 Å². The first kappa shape index (κ1) is 14.9. The van der Waals surface area contributed by atoms with E-state index in [-0.39, 0.29) is 24.7 Å². The Morgan fingerprint density at radius 2 is 2.06 bits per heavy atom. The summed E-state index contributed by atoms with van der Waals surface area (Å²) in [7, 11) is 0. The molecule has 5 heteroatoms. The smallest absolute Gasteiger partial charge is 0.248 e. The first-order valence-corrected chi connectivity index (χ1v) is 7.16. The zero-order chi connectivity index (χ0) is 12.9. The lowest BCUT2D eigenvalue weighted by Crippen LogP contribution is -2.36. The van der Waals surface area contributed by atoms with E-state index in [1.165, 1.54) is 0 Å². The average molecular weight is 312 g/mol. The average Bonchev–Trinajstić information content (AvgIpc) is 2.28. The molecule has 0 aliphatic heterocycles. The largest absolute Gasteiger partial charge is 0.356 e. The predicted octanol–water partition coefficient (Wildman–Crippen LogP) is 3.49. The summed E-state index contributed by atoms with van der Waals surface area (Å²) >= 11 is 3.49. The van der Waals surface area contributed by atoms with E-state index in [1.807, 2.05) is 0 Å². The second-order valence-electron chi connectivity index (χ2n) is 4.72. The van der Waals surface area contributed by atoms with Crippen LogP contribution in [0.5, 0.6) is 0 Å². The van der Waals surface area contributed by atoms with Crippen LogP contribution in [0.3, 0.4) is 0 Å². The maximum absolute atomic E-state index is 12.9. The first-order valence-electron chi connectivity index (χ1n) is 6.24. The van der Waals surface area contributed by atoms with Crippen molar-refractivity contribution in [2.24, 2.45) is 5.92 Å². The third-order valence-corrected chi connectivity index (χ3v) is 4.39. The normalized spacial score (nSPS) is 22.1. The van der Waals surface area contributed by atoms with Gasteiger partial charge in [-0.05, 0) is 25.7 Å². The van der Waals surface area contributed by atoms with Gasteiger partial charge in [-0.15, -0.1) is 0 Å². The van der Waals surface area contributed by atoms with Gasteiger partial charge >= 0.3 is 0 Å². The second kappa shape index (κ2) is 6.66. The maximum atomic E-state index is 12.9. The number of hydrogen-bond donors (Lipinski definition) is 1. The van der Waals surface area contributed by atoms with Gasteiger partial charge in [-0.2, -0.15) is 0 Å². The maximum Gasteiger partial charge on any atom is 0.248 e. The minimum Gasteiger partial charge on any atom is -0.356 e. The number of rotatable bonds is 5. The molecule has 17 heavy (non-hydrogen) atoms. The predicted molar refractivity (Wildman–Crippen MR) is 67.5 cm³/mol. The quantitative estimate of drug-likeness (QED) is 0.774. The van der Waals surface area contributed by atoms with E-state index in [2.05, 4.69) is 28.2 Å². The SMILES string of the molecule is CCC(Br)CCNC(=O)C1CCC(F)(F)CC1. The summed E-state index contributed by atoms with van der Waals surface area (Å²) in [5.74, 6) is -2.83. The molecule has 0 aromatic heterocycles. The van der Waals surface area contributed by atoms with E-state index in [4.69, 9.17) is 0 Å². The van der Waals surface area contributed by atoms with Crippen molar-refractivity contribution >= 4 is 21.8 Å². The highest BCUT2D eigenvalue weighted by Crippen LogP contribution is 2.36. The monoisotopic (exact) mass is 311 g/mol. The standard InChI is InChI=1S/C12H20BrF2NO/c1-2-10(13)5-8-16-11(17)9-3-6-12(14,15)7-4-9/h9-10H,2-8H2,1H3,(H,16,17). The molecule has 100 valence electrons. The van der Waals surface area contributed by atoms with E-state index >= 15 is 0 Å². The van der Waals surface area contributed by atoms with Crippen LogP contribution < -0.4 is 5.32 Å². The Kier molecular flexibility index (Phi) is 5.83. The Morgan fingerprint density at radius 1 is 1.47 bits per heavy atom. The van der Waals surface area contributed by atoms with Gasteiger partial charge in [-0.3, -0.25) is 4.79 Å². The third kappa shape index (κ3) is 5.32. The van der Waals surface area contributed by atoms with Crippen LogP contribution >= 0.6 is 15.9 Å². The summed E-state index contributed by atoms with van der Waals surface area (Å²) in [5, 5.41) is 2.83. The van der Waals surface area contributed by atoms with Crippen molar-refractivity contribution in [3.8, 4) is 0 Å². The van der Waals surface area contributed by atoms with Crippen molar-refractivity contribution in [1.82, 2.24) is 5.32 Å². The number of halogens is 3. The molecule has 1 aliphatic rings. The lowest BCUT2D eigenvalue weighted by atomic mass is 9.86. The van der Waals surface area contributed by atoms with Crippen LogP contribution in [-0.4, -0.2) is 23.2 Å². The Balaban J connectivity index is 2.21. The molecule has 0 radical (unpaired) electrons. The highest BCUT2D eigenvalue weighted by molar-refractivity contribution is 9.09. The number of hydrogen-bond acceptors (Lipinski definition) is 1. The van der Waals surface area contributed by atoms with Crippen LogP contribution in [0.2, 0.25) is 0 Å². The lowest BCUT2D eigenvalue weighted by molar-refractivity contribution is -0.129. The summed E-state index contributed by atoms with van der Waals surface area (Å²) in [6.45, 7) is 2.69. The molecule has 1 rings (SSSR count).